The molecule has 1 aromatic carbocycles. The molecule has 2 aromatic rings. The minimum absolute atomic E-state index is 0.388. The molecular weight excluding hydrogens is 274 g/mol. The Morgan fingerprint density at radius 3 is 2.29 bits per heavy atom. The molecule has 0 spiro atoms. The SMILES string of the molecule is CNCCc1nnc(-c2cc(OC)c(OC)cc2OC)o1. The topological polar surface area (TPSA) is 78.6 Å². The van der Waals surface area contributed by atoms with E-state index >= 15 is 0 Å². The van der Waals surface area contributed by atoms with Crippen LogP contribution in [-0.4, -0.2) is 45.1 Å². The molecule has 0 fully saturated rings. The van der Waals surface area contributed by atoms with E-state index in [-0.39, 0.29) is 0 Å². The van der Waals surface area contributed by atoms with E-state index in [1.165, 1.54) is 0 Å². The third-order valence-corrected chi connectivity index (χ3v) is 2.99. The first-order valence-electron chi connectivity index (χ1n) is 6.50. The second-order valence-electron chi connectivity index (χ2n) is 4.26. The van der Waals surface area contributed by atoms with Crippen molar-refractivity contribution < 1.29 is 18.6 Å². The molecule has 0 bridgehead atoms. The highest BCUT2D eigenvalue weighted by Crippen LogP contribution is 2.39. The fraction of sp³-hybridized carbons (Fsp3) is 0.429. The van der Waals surface area contributed by atoms with Crippen LogP contribution in [0.1, 0.15) is 5.89 Å². The van der Waals surface area contributed by atoms with Gasteiger partial charge in [-0.2, -0.15) is 0 Å². The molecular formula is C14H19N3O4. The van der Waals surface area contributed by atoms with Crippen LogP contribution in [0.3, 0.4) is 0 Å². The predicted octanol–water partition coefficient (Wildman–Crippen LogP) is 1.52. The van der Waals surface area contributed by atoms with Gasteiger partial charge in [-0.05, 0) is 7.05 Å². The highest BCUT2D eigenvalue weighted by atomic mass is 16.5. The van der Waals surface area contributed by atoms with E-state index in [1.807, 2.05) is 7.05 Å². The number of hydrogen-bond acceptors (Lipinski definition) is 7. The van der Waals surface area contributed by atoms with Gasteiger partial charge in [-0.3, -0.25) is 0 Å². The van der Waals surface area contributed by atoms with Crippen LogP contribution in [0.25, 0.3) is 11.5 Å². The summed E-state index contributed by atoms with van der Waals surface area (Å²) in [5, 5.41) is 11.1. The normalized spacial score (nSPS) is 10.5. The summed E-state index contributed by atoms with van der Waals surface area (Å²) in [6, 6.07) is 3.48. The zero-order valence-corrected chi connectivity index (χ0v) is 12.6. The first kappa shape index (κ1) is 15.1. The lowest BCUT2D eigenvalue weighted by Crippen LogP contribution is -2.10. The van der Waals surface area contributed by atoms with Gasteiger partial charge in [0.25, 0.3) is 5.89 Å². The lowest BCUT2D eigenvalue weighted by molar-refractivity contribution is 0.349. The van der Waals surface area contributed by atoms with Crippen molar-refractivity contribution in [3.63, 3.8) is 0 Å². The summed E-state index contributed by atoms with van der Waals surface area (Å²) in [5.41, 5.74) is 0.665. The molecule has 0 radical (unpaired) electrons. The van der Waals surface area contributed by atoms with Crippen molar-refractivity contribution in [2.24, 2.45) is 0 Å². The zero-order valence-electron chi connectivity index (χ0n) is 12.6. The molecule has 0 saturated carbocycles. The summed E-state index contributed by atoms with van der Waals surface area (Å²) in [7, 11) is 6.58. The Morgan fingerprint density at radius 1 is 1.00 bits per heavy atom. The number of aromatic nitrogens is 2. The van der Waals surface area contributed by atoms with Crippen molar-refractivity contribution in [2.45, 2.75) is 6.42 Å². The van der Waals surface area contributed by atoms with E-state index in [4.69, 9.17) is 18.6 Å². The summed E-state index contributed by atoms with van der Waals surface area (Å²) in [5.74, 6) is 2.68. The summed E-state index contributed by atoms with van der Waals surface area (Å²) in [6.45, 7) is 0.769. The lowest BCUT2D eigenvalue weighted by atomic mass is 10.1. The number of likely N-dealkylation sites (N-methyl/N-ethyl adjacent to an activating group) is 1. The number of nitrogens with one attached hydrogen (secondary N) is 1. The summed E-state index contributed by atoms with van der Waals surface area (Å²) in [4.78, 5) is 0. The molecule has 114 valence electrons. The quantitative estimate of drug-likeness (QED) is 0.829. The van der Waals surface area contributed by atoms with Gasteiger partial charge in [0.05, 0.1) is 26.9 Å². The Balaban J connectivity index is 2.39. The van der Waals surface area contributed by atoms with Crippen molar-refractivity contribution in [1.82, 2.24) is 15.5 Å². The fourth-order valence-corrected chi connectivity index (χ4v) is 1.89. The van der Waals surface area contributed by atoms with Gasteiger partial charge in [-0.1, -0.05) is 0 Å². The number of methoxy groups -OCH3 is 3. The summed E-state index contributed by atoms with van der Waals surface area (Å²) >= 11 is 0. The fourth-order valence-electron chi connectivity index (χ4n) is 1.89. The van der Waals surface area contributed by atoms with Crippen LogP contribution in [-0.2, 0) is 6.42 Å². The number of nitrogens with zero attached hydrogens (tertiary/aromatic N) is 2. The molecule has 0 amide bonds. The third kappa shape index (κ3) is 3.25. The third-order valence-electron chi connectivity index (χ3n) is 2.99. The van der Waals surface area contributed by atoms with Crippen LogP contribution >= 0.6 is 0 Å². The van der Waals surface area contributed by atoms with Gasteiger partial charge in [-0.25, -0.2) is 0 Å². The molecule has 0 saturated heterocycles. The Morgan fingerprint density at radius 2 is 1.67 bits per heavy atom. The molecule has 7 nitrogen and oxygen atoms in total. The average Bonchev–Trinajstić information content (AvgIpc) is 3.00. The second-order valence-corrected chi connectivity index (χ2v) is 4.26. The van der Waals surface area contributed by atoms with Crippen LogP contribution in [0.15, 0.2) is 16.5 Å². The molecule has 0 unspecified atom stereocenters. The maximum atomic E-state index is 5.65. The zero-order chi connectivity index (χ0) is 15.2. The van der Waals surface area contributed by atoms with E-state index in [2.05, 4.69) is 15.5 Å². The van der Waals surface area contributed by atoms with Gasteiger partial charge in [0.2, 0.25) is 5.89 Å². The van der Waals surface area contributed by atoms with E-state index in [0.717, 1.165) is 6.54 Å². The van der Waals surface area contributed by atoms with E-state index in [0.29, 0.717) is 41.0 Å². The Labute approximate surface area is 123 Å². The highest BCUT2D eigenvalue weighted by molar-refractivity contribution is 5.68. The Bertz CT molecular complexity index is 598. The maximum absolute atomic E-state index is 5.65. The molecule has 7 heteroatoms. The van der Waals surface area contributed by atoms with Crippen LogP contribution in [0.4, 0.5) is 0 Å². The van der Waals surface area contributed by atoms with Crippen molar-refractivity contribution in [2.75, 3.05) is 34.9 Å². The average molecular weight is 293 g/mol. The van der Waals surface area contributed by atoms with Gasteiger partial charge >= 0.3 is 0 Å². The van der Waals surface area contributed by atoms with Crippen LogP contribution in [0.5, 0.6) is 17.2 Å². The maximum Gasteiger partial charge on any atom is 0.251 e. The molecule has 0 atom stereocenters. The highest BCUT2D eigenvalue weighted by Gasteiger charge is 2.18. The largest absolute Gasteiger partial charge is 0.496 e. The van der Waals surface area contributed by atoms with E-state index < -0.39 is 0 Å². The van der Waals surface area contributed by atoms with Crippen LogP contribution in [0, 0.1) is 0 Å². The van der Waals surface area contributed by atoms with Gasteiger partial charge in [0, 0.05) is 25.1 Å². The number of ether oxygens (including phenoxy) is 3. The van der Waals surface area contributed by atoms with Crippen LogP contribution < -0.4 is 19.5 Å². The molecule has 0 aliphatic rings. The van der Waals surface area contributed by atoms with Crippen molar-refractivity contribution in [3.05, 3.63) is 18.0 Å². The number of rotatable bonds is 7. The van der Waals surface area contributed by atoms with Gasteiger partial charge < -0.3 is 23.9 Å². The summed E-state index contributed by atoms with van der Waals surface area (Å²) < 4.78 is 21.5. The molecule has 0 aliphatic carbocycles. The lowest BCUT2D eigenvalue weighted by Gasteiger charge is -2.11. The molecule has 2 rings (SSSR count). The predicted molar refractivity (Wildman–Crippen MR) is 77.0 cm³/mol. The standard InChI is InChI=1S/C14H19N3O4/c1-15-6-5-13-16-17-14(21-13)9-7-11(19-3)12(20-4)8-10(9)18-2/h7-8,15H,5-6H2,1-4H3. The van der Waals surface area contributed by atoms with Gasteiger partial charge in [0.15, 0.2) is 11.5 Å². The van der Waals surface area contributed by atoms with Gasteiger partial charge in [-0.15, -0.1) is 10.2 Å². The molecule has 0 aliphatic heterocycles. The minimum atomic E-state index is 0.388. The van der Waals surface area contributed by atoms with E-state index in [1.54, 1.807) is 33.5 Å². The Hall–Kier alpha value is -2.28. The van der Waals surface area contributed by atoms with Crippen molar-refractivity contribution in [1.29, 1.82) is 0 Å². The molecule has 21 heavy (non-hydrogen) atoms. The van der Waals surface area contributed by atoms with Gasteiger partial charge in [0.1, 0.15) is 5.75 Å². The smallest absolute Gasteiger partial charge is 0.251 e. The monoisotopic (exact) mass is 293 g/mol. The van der Waals surface area contributed by atoms with E-state index in [9.17, 15) is 0 Å². The second kappa shape index (κ2) is 6.94. The first-order chi connectivity index (χ1) is 10.2. The summed E-state index contributed by atoms with van der Waals surface area (Å²) in [6.07, 6.45) is 0.666. The minimum Gasteiger partial charge on any atom is -0.496 e. The van der Waals surface area contributed by atoms with Crippen LogP contribution in [0.2, 0.25) is 0 Å². The van der Waals surface area contributed by atoms with Crippen molar-refractivity contribution >= 4 is 0 Å². The molecule has 1 N–H and O–H groups in total. The first-order valence-corrected chi connectivity index (χ1v) is 6.50. The Kier molecular flexibility index (Phi) is 4.99. The number of benzene rings is 1. The van der Waals surface area contributed by atoms with Crippen molar-refractivity contribution in [3.8, 4) is 28.7 Å². The molecule has 1 aromatic heterocycles. The number of hydrogen-bond donors (Lipinski definition) is 1. The molecule has 1 heterocycles.